The Hall–Kier alpha value is -2.40. The quantitative estimate of drug-likeness (QED) is 0.752. The Labute approximate surface area is 139 Å². The lowest BCUT2D eigenvalue weighted by Gasteiger charge is -2.05. The molecule has 0 radical (unpaired) electrons. The number of anilines is 1. The molecular weight excluding hydrogens is 306 g/mol. The Balaban J connectivity index is 1.60. The number of carbonyl (C=O) groups excluding carboxylic acids is 1. The smallest absolute Gasteiger partial charge is 0.321 e. The van der Waals surface area contributed by atoms with E-state index >= 15 is 0 Å². The predicted octanol–water partition coefficient (Wildman–Crippen LogP) is 4.28. The van der Waals surface area contributed by atoms with Crippen LogP contribution in [0.2, 0.25) is 0 Å². The van der Waals surface area contributed by atoms with Crippen molar-refractivity contribution in [1.29, 1.82) is 0 Å². The fraction of sp³-hybridized carbons (Fsp3) is 0.222. The van der Waals surface area contributed by atoms with Gasteiger partial charge in [-0.2, -0.15) is 0 Å². The molecule has 2 aromatic carbocycles. The molecule has 0 unspecified atom stereocenters. The molecule has 3 rings (SSSR count). The molecule has 5 heteroatoms. The van der Waals surface area contributed by atoms with E-state index in [0.717, 1.165) is 22.2 Å². The Kier molecular flexibility index (Phi) is 4.57. The molecule has 2 amide bonds. The molecule has 0 spiro atoms. The van der Waals surface area contributed by atoms with Gasteiger partial charge in [-0.25, -0.2) is 9.78 Å². The van der Waals surface area contributed by atoms with Crippen LogP contribution in [0, 0.1) is 13.8 Å². The molecule has 0 atom stereocenters. The average Bonchev–Trinajstić information content (AvgIpc) is 2.97. The zero-order valence-corrected chi connectivity index (χ0v) is 14.0. The Bertz CT molecular complexity index is 788. The molecule has 118 valence electrons. The van der Waals surface area contributed by atoms with E-state index in [9.17, 15) is 4.79 Å². The van der Waals surface area contributed by atoms with E-state index < -0.39 is 0 Å². The number of aromatic nitrogens is 1. The predicted molar refractivity (Wildman–Crippen MR) is 96.3 cm³/mol. The number of aryl methyl sites for hydroxylation is 2. The first-order valence-corrected chi connectivity index (χ1v) is 8.40. The molecule has 0 saturated heterocycles. The molecule has 0 aliphatic heterocycles. The fourth-order valence-corrected chi connectivity index (χ4v) is 3.43. The molecule has 0 fully saturated rings. The zero-order chi connectivity index (χ0) is 16.2. The SMILES string of the molecule is Cc1ccc(C)c2sc(NC(=O)NCCc3ccccc3)nc12. The number of fused-ring (bicyclic) bond motifs is 1. The highest BCUT2D eigenvalue weighted by atomic mass is 32.1. The number of hydrogen-bond donors (Lipinski definition) is 2. The van der Waals surface area contributed by atoms with Gasteiger partial charge in [-0.05, 0) is 37.0 Å². The first-order valence-electron chi connectivity index (χ1n) is 7.59. The van der Waals surface area contributed by atoms with E-state index in [1.807, 2.05) is 25.1 Å². The van der Waals surface area contributed by atoms with Crippen LogP contribution in [0.4, 0.5) is 9.93 Å². The van der Waals surface area contributed by atoms with E-state index in [0.29, 0.717) is 11.7 Å². The van der Waals surface area contributed by atoms with E-state index in [4.69, 9.17) is 0 Å². The molecule has 4 nitrogen and oxygen atoms in total. The van der Waals surface area contributed by atoms with Gasteiger partial charge in [0.25, 0.3) is 0 Å². The molecule has 0 aliphatic rings. The maximum absolute atomic E-state index is 12.0. The summed E-state index contributed by atoms with van der Waals surface area (Å²) in [5.74, 6) is 0. The van der Waals surface area contributed by atoms with Crippen LogP contribution in [-0.2, 0) is 6.42 Å². The van der Waals surface area contributed by atoms with Gasteiger partial charge < -0.3 is 5.32 Å². The lowest BCUT2D eigenvalue weighted by Crippen LogP contribution is -2.30. The molecular formula is C18H19N3OS. The standard InChI is InChI=1S/C18H19N3OS/c1-12-8-9-13(2)16-15(12)20-18(23-16)21-17(22)19-11-10-14-6-4-3-5-7-14/h3-9H,10-11H2,1-2H3,(H2,19,20,21,22). The van der Waals surface area contributed by atoms with Crippen LogP contribution >= 0.6 is 11.3 Å². The maximum Gasteiger partial charge on any atom is 0.321 e. The molecule has 1 heterocycles. The van der Waals surface area contributed by atoms with Gasteiger partial charge in [-0.15, -0.1) is 0 Å². The number of amides is 2. The minimum atomic E-state index is -0.213. The first-order chi connectivity index (χ1) is 11.1. The number of nitrogens with zero attached hydrogens (tertiary/aromatic N) is 1. The number of rotatable bonds is 4. The Morgan fingerprint density at radius 2 is 1.83 bits per heavy atom. The summed E-state index contributed by atoms with van der Waals surface area (Å²) in [4.78, 5) is 16.5. The van der Waals surface area contributed by atoms with Crippen LogP contribution in [0.15, 0.2) is 42.5 Å². The number of urea groups is 1. The third kappa shape index (κ3) is 3.68. The van der Waals surface area contributed by atoms with E-state index in [-0.39, 0.29) is 6.03 Å². The second-order valence-electron chi connectivity index (χ2n) is 5.51. The van der Waals surface area contributed by atoms with E-state index in [1.54, 1.807) is 0 Å². The molecule has 0 bridgehead atoms. The van der Waals surface area contributed by atoms with Crippen molar-refractivity contribution in [2.24, 2.45) is 0 Å². The van der Waals surface area contributed by atoms with Crippen molar-refractivity contribution in [3.05, 3.63) is 59.2 Å². The summed E-state index contributed by atoms with van der Waals surface area (Å²) in [7, 11) is 0. The Morgan fingerprint density at radius 1 is 1.09 bits per heavy atom. The van der Waals surface area contributed by atoms with Crippen molar-refractivity contribution in [2.75, 3.05) is 11.9 Å². The molecule has 0 aliphatic carbocycles. The molecule has 2 N–H and O–H groups in total. The van der Waals surface area contributed by atoms with Crippen molar-refractivity contribution in [3.63, 3.8) is 0 Å². The van der Waals surface area contributed by atoms with Gasteiger partial charge >= 0.3 is 6.03 Å². The van der Waals surface area contributed by atoms with Crippen LogP contribution in [0.5, 0.6) is 0 Å². The Morgan fingerprint density at radius 3 is 2.57 bits per heavy atom. The van der Waals surface area contributed by atoms with E-state index in [1.165, 1.54) is 22.5 Å². The zero-order valence-electron chi connectivity index (χ0n) is 13.2. The third-order valence-corrected chi connectivity index (χ3v) is 4.81. The van der Waals surface area contributed by atoms with Gasteiger partial charge in [-0.3, -0.25) is 5.32 Å². The van der Waals surface area contributed by atoms with Crippen molar-refractivity contribution in [3.8, 4) is 0 Å². The summed E-state index contributed by atoms with van der Waals surface area (Å²) in [5.41, 5.74) is 4.48. The first kappa shape index (κ1) is 15.5. The summed E-state index contributed by atoms with van der Waals surface area (Å²) in [6.07, 6.45) is 0.812. The van der Waals surface area contributed by atoms with Crippen LogP contribution in [0.25, 0.3) is 10.2 Å². The highest BCUT2D eigenvalue weighted by Crippen LogP contribution is 2.30. The normalized spacial score (nSPS) is 10.7. The van der Waals surface area contributed by atoms with Crippen molar-refractivity contribution in [2.45, 2.75) is 20.3 Å². The summed E-state index contributed by atoms with van der Waals surface area (Å²) in [5, 5.41) is 6.33. The molecule has 1 aromatic heterocycles. The molecule has 3 aromatic rings. The van der Waals surface area contributed by atoms with Gasteiger partial charge in [-0.1, -0.05) is 53.8 Å². The van der Waals surface area contributed by atoms with Gasteiger partial charge in [0.15, 0.2) is 5.13 Å². The van der Waals surface area contributed by atoms with E-state index in [2.05, 4.69) is 46.8 Å². The molecule has 0 saturated carbocycles. The van der Waals surface area contributed by atoms with Gasteiger partial charge in [0.2, 0.25) is 0 Å². The van der Waals surface area contributed by atoms with Crippen molar-refractivity contribution >= 4 is 32.7 Å². The maximum atomic E-state index is 12.0. The lowest BCUT2D eigenvalue weighted by molar-refractivity contribution is 0.252. The number of carbonyl (C=O) groups is 1. The second-order valence-corrected chi connectivity index (χ2v) is 6.51. The van der Waals surface area contributed by atoms with Crippen LogP contribution in [0.3, 0.4) is 0 Å². The second kappa shape index (κ2) is 6.79. The number of thiazole rings is 1. The fourth-order valence-electron chi connectivity index (χ4n) is 2.42. The minimum absolute atomic E-state index is 0.213. The third-order valence-electron chi connectivity index (χ3n) is 3.70. The van der Waals surface area contributed by atoms with Crippen LogP contribution in [0.1, 0.15) is 16.7 Å². The van der Waals surface area contributed by atoms with Gasteiger partial charge in [0, 0.05) is 6.54 Å². The lowest BCUT2D eigenvalue weighted by atomic mass is 10.1. The monoisotopic (exact) mass is 325 g/mol. The van der Waals surface area contributed by atoms with Gasteiger partial charge in [0.1, 0.15) is 0 Å². The minimum Gasteiger partial charge on any atom is -0.337 e. The summed E-state index contributed by atoms with van der Waals surface area (Å²) in [6, 6.07) is 14.0. The summed E-state index contributed by atoms with van der Waals surface area (Å²) >= 11 is 1.51. The summed E-state index contributed by atoms with van der Waals surface area (Å²) < 4.78 is 1.13. The number of benzene rings is 2. The average molecular weight is 325 g/mol. The van der Waals surface area contributed by atoms with Gasteiger partial charge in [0.05, 0.1) is 10.2 Å². The number of nitrogens with one attached hydrogen (secondary N) is 2. The largest absolute Gasteiger partial charge is 0.337 e. The van der Waals surface area contributed by atoms with Crippen molar-refractivity contribution in [1.82, 2.24) is 10.3 Å². The molecule has 23 heavy (non-hydrogen) atoms. The van der Waals surface area contributed by atoms with Crippen LogP contribution in [-0.4, -0.2) is 17.6 Å². The number of hydrogen-bond acceptors (Lipinski definition) is 3. The van der Waals surface area contributed by atoms with Crippen LogP contribution < -0.4 is 10.6 Å². The highest BCUT2D eigenvalue weighted by Gasteiger charge is 2.10. The van der Waals surface area contributed by atoms with Crippen molar-refractivity contribution < 1.29 is 4.79 Å². The summed E-state index contributed by atoms with van der Waals surface area (Å²) in [6.45, 7) is 4.69. The highest BCUT2D eigenvalue weighted by molar-refractivity contribution is 7.22. The topological polar surface area (TPSA) is 54.0 Å².